The summed E-state index contributed by atoms with van der Waals surface area (Å²) in [7, 11) is -2.52. The number of hydrogen-bond donors (Lipinski definition) is 2. The number of benzene rings is 1. The number of amides is 2. The fraction of sp³-hybridized carbons (Fsp3) is 0.500. The van der Waals surface area contributed by atoms with Gasteiger partial charge >= 0.3 is 0 Å². The van der Waals surface area contributed by atoms with E-state index in [-0.39, 0.29) is 47.5 Å². The molecule has 0 saturated heterocycles. The molecule has 0 bridgehead atoms. The Balaban J connectivity index is 0.00000338. The van der Waals surface area contributed by atoms with Crippen LogP contribution < -0.4 is 10.6 Å². The highest BCUT2D eigenvalue weighted by atomic mass is 35.5. The van der Waals surface area contributed by atoms with Crippen LogP contribution in [0.5, 0.6) is 0 Å². The van der Waals surface area contributed by atoms with E-state index in [2.05, 4.69) is 10.6 Å². The van der Waals surface area contributed by atoms with E-state index in [4.69, 9.17) is 4.74 Å². The number of methoxy groups -OCH3 is 1. The van der Waals surface area contributed by atoms with E-state index < -0.39 is 15.9 Å². The second kappa shape index (κ2) is 9.86. The second-order valence-corrected chi connectivity index (χ2v) is 7.42. The number of carbonyl (C=O) groups is 2. The molecule has 1 aliphatic heterocycles. The minimum atomic E-state index is -3.94. The number of nitrogens with zero attached hydrogens (tertiary/aromatic N) is 1. The number of rotatable bonds is 9. The van der Waals surface area contributed by atoms with E-state index in [1.54, 1.807) is 0 Å². The number of ether oxygens (including phenoxy) is 1. The van der Waals surface area contributed by atoms with Crippen LogP contribution in [0.3, 0.4) is 0 Å². The summed E-state index contributed by atoms with van der Waals surface area (Å²) in [5.41, 5.74) is 0.288. The lowest BCUT2D eigenvalue weighted by molar-refractivity contribution is 0.0835. The van der Waals surface area contributed by atoms with Gasteiger partial charge in [0.1, 0.15) is 4.90 Å². The fourth-order valence-electron chi connectivity index (χ4n) is 2.48. The summed E-state index contributed by atoms with van der Waals surface area (Å²) in [6.45, 7) is 4.03. The molecule has 2 amide bonds. The standard InChI is InChI=1S/C16H23N3O5S.ClH/c1-3-6-17-7-8-18-15(20)12-4-5-13-14(11-12)25(22,23)19(16(13)21)9-10-24-2;/h4-5,11,17H,3,6-10H2,1-2H3,(H,18,20);1H. The first kappa shape index (κ1) is 22.4. The third-order valence-electron chi connectivity index (χ3n) is 3.78. The van der Waals surface area contributed by atoms with E-state index in [1.165, 1.54) is 25.3 Å². The zero-order valence-electron chi connectivity index (χ0n) is 14.8. The van der Waals surface area contributed by atoms with Crippen molar-refractivity contribution in [2.24, 2.45) is 0 Å². The summed E-state index contributed by atoms with van der Waals surface area (Å²) in [5, 5.41) is 5.87. The highest BCUT2D eigenvalue weighted by molar-refractivity contribution is 7.90. The lowest BCUT2D eigenvalue weighted by Gasteiger charge is -2.13. The Morgan fingerprint density at radius 1 is 1.23 bits per heavy atom. The lowest BCUT2D eigenvalue weighted by atomic mass is 10.1. The molecule has 2 rings (SSSR count). The third-order valence-corrected chi connectivity index (χ3v) is 5.60. The fourth-order valence-corrected chi connectivity index (χ4v) is 4.06. The van der Waals surface area contributed by atoms with Crippen LogP contribution in [-0.2, 0) is 14.8 Å². The third kappa shape index (κ3) is 4.73. The number of nitrogens with one attached hydrogen (secondary N) is 2. The van der Waals surface area contributed by atoms with Gasteiger partial charge in [-0.2, -0.15) is 0 Å². The predicted octanol–water partition coefficient (Wildman–Crippen LogP) is 0.629. The smallest absolute Gasteiger partial charge is 0.269 e. The Morgan fingerprint density at radius 3 is 2.62 bits per heavy atom. The number of carbonyl (C=O) groups excluding carboxylic acids is 2. The maximum absolute atomic E-state index is 12.5. The van der Waals surface area contributed by atoms with Crippen LogP contribution in [0.4, 0.5) is 0 Å². The average Bonchev–Trinajstić information content (AvgIpc) is 2.79. The van der Waals surface area contributed by atoms with Crippen molar-refractivity contribution in [3.63, 3.8) is 0 Å². The molecule has 1 aromatic carbocycles. The topological polar surface area (TPSA) is 105 Å². The highest BCUT2D eigenvalue weighted by Crippen LogP contribution is 2.30. The summed E-state index contributed by atoms with van der Waals surface area (Å²) in [6, 6.07) is 4.09. The van der Waals surface area contributed by atoms with E-state index >= 15 is 0 Å². The normalized spacial score (nSPS) is 14.7. The molecule has 0 saturated carbocycles. The first-order valence-corrected chi connectivity index (χ1v) is 9.56. The Bertz CT molecular complexity index is 754. The van der Waals surface area contributed by atoms with Gasteiger partial charge in [-0.3, -0.25) is 9.59 Å². The molecule has 146 valence electrons. The molecule has 1 heterocycles. The van der Waals surface area contributed by atoms with Gasteiger partial charge in [-0.05, 0) is 31.2 Å². The number of sulfonamides is 1. The minimum absolute atomic E-state index is 0. The first-order chi connectivity index (χ1) is 11.9. The second-order valence-electron chi connectivity index (χ2n) is 5.59. The van der Waals surface area contributed by atoms with E-state index in [0.717, 1.165) is 17.3 Å². The molecule has 0 fully saturated rings. The number of fused-ring (bicyclic) bond motifs is 1. The van der Waals surface area contributed by atoms with Crippen LogP contribution in [0.15, 0.2) is 23.1 Å². The maximum atomic E-state index is 12.5. The summed E-state index contributed by atoms with van der Waals surface area (Å²) in [6.07, 6.45) is 1.00. The van der Waals surface area contributed by atoms with Crippen LogP contribution in [0.25, 0.3) is 0 Å². The molecular formula is C16H24ClN3O5S. The van der Waals surface area contributed by atoms with Crippen molar-refractivity contribution in [3.8, 4) is 0 Å². The number of halogens is 1. The molecule has 0 atom stereocenters. The van der Waals surface area contributed by atoms with Crippen LogP contribution in [0, 0.1) is 0 Å². The Kier molecular flexibility index (Phi) is 8.48. The molecule has 0 aliphatic carbocycles. The first-order valence-electron chi connectivity index (χ1n) is 8.12. The van der Waals surface area contributed by atoms with E-state index in [0.29, 0.717) is 13.1 Å². The Morgan fingerprint density at radius 2 is 1.96 bits per heavy atom. The molecule has 0 spiro atoms. The zero-order valence-corrected chi connectivity index (χ0v) is 16.4. The highest BCUT2D eigenvalue weighted by Gasteiger charge is 2.41. The van der Waals surface area contributed by atoms with Crippen LogP contribution in [-0.4, -0.2) is 64.4 Å². The van der Waals surface area contributed by atoms with Crippen LogP contribution in [0.1, 0.15) is 34.1 Å². The molecule has 1 aromatic rings. The van der Waals surface area contributed by atoms with Gasteiger partial charge in [0.25, 0.3) is 21.8 Å². The van der Waals surface area contributed by atoms with Crippen LogP contribution >= 0.6 is 12.4 Å². The van der Waals surface area contributed by atoms with E-state index in [1.807, 2.05) is 6.92 Å². The van der Waals surface area contributed by atoms with Crippen molar-refractivity contribution >= 4 is 34.2 Å². The molecule has 0 unspecified atom stereocenters. The molecule has 0 radical (unpaired) electrons. The van der Waals surface area contributed by atoms with E-state index in [9.17, 15) is 18.0 Å². The van der Waals surface area contributed by atoms with Gasteiger partial charge in [-0.25, -0.2) is 12.7 Å². The quantitative estimate of drug-likeness (QED) is 0.584. The molecule has 0 aromatic heterocycles. The number of hydrogen-bond acceptors (Lipinski definition) is 6. The maximum Gasteiger partial charge on any atom is 0.269 e. The van der Waals surface area contributed by atoms with Crippen molar-refractivity contribution < 1.29 is 22.7 Å². The Labute approximate surface area is 159 Å². The summed E-state index contributed by atoms with van der Waals surface area (Å²) in [4.78, 5) is 24.3. The lowest BCUT2D eigenvalue weighted by Crippen LogP contribution is -2.33. The predicted molar refractivity (Wildman–Crippen MR) is 99.3 cm³/mol. The molecule has 2 N–H and O–H groups in total. The molecule has 1 aliphatic rings. The van der Waals surface area contributed by atoms with Crippen molar-refractivity contribution in [2.45, 2.75) is 18.2 Å². The molecule has 26 heavy (non-hydrogen) atoms. The van der Waals surface area contributed by atoms with Gasteiger partial charge in [0.15, 0.2) is 0 Å². The van der Waals surface area contributed by atoms with Crippen molar-refractivity contribution in [2.75, 3.05) is 39.9 Å². The zero-order chi connectivity index (χ0) is 18.4. The van der Waals surface area contributed by atoms with Crippen molar-refractivity contribution in [1.82, 2.24) is 14.9 Å². The Hall–Kier alpha value is -1.68. The monoisotopic (exact) mass is 405 g/mol. The van der Waals surface area contributed by atoms with Crippen molar-refractivity contribution in [1.29, 1.82) is 0 Å². The molecule has 8 nitrogen and oxygen atoms in total. The summed E-state index contributed by atoms with van der Waals surface area (Å²) in [5.74, 6) is -0.970. The summed E-state index contributed by atoms with van der Waals surface area (Å²) >= 11 is 0. The van der Waals surface area contributed by atoms with Gasteiger partial charge in [0, 0.05) is 25.8 Å². The van der Waals surface area contributed by atoms with Gasteiger partial charge < -0.3 is 15.4 Å². The molecule has 10 heteroatoms. The van der Waals surface area contributed by atoms with Crippen molar-refractivity contribution in [3.05, 3.63) is 29.3 Å². The van der Waals surface area contributed by atoms with Gasteiger partial charge in [0.05, 0.1) is 18.7 Å². The molecular weight excluding hydrogens is 382 g/mol. The van der Waals surface area contributed by atoms with Gasteiger partial charge in [-0.15, -0.1) is 12.4 Å². The average molecular weight is 406 g/mol. The SMILES string of the molecule is CCCNCCNC(=O)c1ccc2c(c1)S(=O)(=O)N(CCOC)C2=O.Cl. The summed E-state index contributed by atoms with van der Waals surface area (Å²) < 4.78 is 30.7. The van der Waals surface area contributed by atoms with Gasteiger partial charge in [0.2, 0.25) is 0 Å². The minimum Gasteiger partial charge on any atom is -0.383 e. The van der Waals surface area contributed by atoms with Crippen LogP contribution in [0.2, 0.25) is 0 Å². The largest absolute Gasteiger partial charge is 0.383 e. The van der Waals surface area contributed by atoms with Gasteiger partial charge in [-0.1, -0.05) is 6.92 Å².